The Morgan fingerprint density at radius 3 is 2.56 bits per heavy atom. The summed E-state index contributed by atoms with van der Waals surface area (Å²) in [5.41, 5.74) is 0.750. The third kappa shape index (κ3) is 5.17. The highest BCUT2D eigenvalue weighted by Gasteiger charge is 2.23. The van der Waals surface area contributed by atoms with E-state index >= 15 is 0 Å². The summed E-state index contributed by atoms with van der Waals surface area (Å²) in [6.45, 7) is 6.42. The van der Waals surface area contributed by atoms with Crippen LogP contribution in [0.15, 0.2) is 47.6 Å². The first kappa shape index (κ1) is 19.2. The number of nitrogens with one attached hydrogen (secondary N) is 1. The van der Waals surface area contributed by atoms with E-state index in [2.05, 4.69) is 9.71 Å². The first-order chi connectivity index (χ1) is 11.7. The Morgan fingerprint density at radius 1 is 1.20 bits per heavy atom. The van der Waals surface area contributed by atoms with Crippen molar-refractivity contribution < 1.29 is 17.9 Å². The summed E-state index contributed by atoms with van der Waals surface area (Å²) in [4.78, 5) is 4.06. The number of hydrogen-bond acceptors (Lipinski definition) is 5. The van der Waals surface area contributed by atoms with Gasteiger partial charge in [-0.2, -0.15) is 0 Å². The first-order valence-corrected chi connectivity index (χ1v) is 9.43. The molecule has 2 aromatic rings. The van der Waals surface area contributed by atoms with Crippen molar-refractivity contribution in [1.29, 1.82) is 0 Å². The number of rotatable bonds is 7. The fraction of sp³-hybridized carbons (Fsp3) is 0.389. The third-order valence-corrected chi connectivity index (χ3v) is 5.10. The van der Waals surface area contributed by atoms with Gasteiger partial charge in [0.15, 0.2) is 0 Å². The standard InChI is InChI=1S/C18H24N2O4S/c1-18(2,3)14-7-8-16(23-4)17(12-14)25(21,22)20-10-11-24-15-6-5-9-19-13-15/h5-9,12-13,20H,10-11H2,1-4H3. The number of benzene rings is 1. The van der Waals surface area contributed by atoms with E-state index < -0.39 is 10.0 Å². The maximum absolute atomic E-state index is 12.6. The monoisotopic (exact) mass is 364 g/mol. The van der Waals surface area contributed by atoms with Crippen molar-refractivity contribution in [2.45, 2.75) is 31.1 Å². The lowest BCUT2D eigenvalue weighted by Crippen LogP contribution is -2.29. The molecule has 1 N–H and O–H groups in total. The maximum Gasteiger partial charge on any atom is 0.244 e. The van der Waals surface area contributed by atoms with Crippen LogP contribution in [0.25, 0.3) is 0 Å². The normalized spacial score (nSPS) is 12.0. The minimum atomic E-state index is -3.71. The molecule has 1 aromatic carbocycles. The minimum absolute atomic E-state index is 0.129. The number of sulfonamides is 1. The highest BCUT2D eigenvalue weighted by atomic mass is 32.2. The summed E-state index contributed by atoms with van der Waals surface area (Å²) >= 11 is 0. The van der Waals surface area contributed by atoms with Gasteiger partial charge in [-0.15, -0.1) is 0 Å². The molecule has 136 valence electrons. The predicted molar refractivity (Wildman–Crippen MR) is 96.6 cm³/mol. The van der Waals surface area contributed by atoms with Crippen LogP contribution in [0.1, 0.15) is 26.3 Å². The smallest absolute Gasteiger partial charge is 0.244 e. The molecule has 0 fully saturated rings. The zero-order chi connectivity index (χ0) is 18.5. The number of hydrogen-bond donors (Lipinski definition) is 1. The second-order valence-corrected chi connectivity index (χ2v) is 8.29. The molecule has 1 aromatic heterocycles. The molecule has 0 spiro atoms. The van der Waals surface area contributed by atoms with Gasteiger partial charge in [0.1, 0.15) is 23.0 Å². The van der Waals surface area contributed by atoms with Crippen molar-refractivity contribution in [2.24, 2.45) is 0 Å². The van der Waals surface area contributed by atoms with Crippen LogP contribution in [0.4, 0.5) is 0 Å². The van der Waals surface area contributed by atoms with Crippen molar-refractivity contribution in [2.75, 3.05) is 20.3 Å². The van der Waals surface area contributed by atoms with E-state index in [-0.39, 0.29) is 23.5 Å². The van der Waals surface area contributed by atoms with Gasteiger partial charge in [-0.25, -0.2) is 13.1 Å². The molecule has 0 amide bonds. The SMILES string of the molecule is COc1ccc(C(C)(C)C)cc1S(=O)(=O)NCCOc1cccnc1. The van der Waals surface area contributed by atoms with Crippen LogP contribution in [0.3, 0.4) is 0 Å². The number of aromatic nitrogens is 1. The predicted octanol–water partition coefficient (Wildman–Crippen LogP) is 2.75. The lowest BCUT2D eigenvalue weighted by Gasteiger charge is -2.21. The van der Waals surface area contributed by atoms with Crippen LogP contribution in [0.2, 0.25) is 0 Å². The zero-order valence-electron chi connectivity index (χ0n) is 14.9. The highest BCUT2D eigenvalue weighted by molar-refractivity contribution is 7.89. The summed E-state index contributed by atoms with van der Waals surface area (Å²) < 4.78 is 38.5. The molecule has 0 saturated heterocycles. The Balaban J connectivity index is 2.10. The van der Waals surface area contributed by atoms with Gasteiger partial charge in [-0.3, -0.25) is 4.98 Å². The van der Waals surface area contributed by atoms with Crippen molar-refractivity contribution in [3.8, 4) is 11.5 Å². The molecule has 7 heteroatoms. The quantitative estimate of drug-likeness (QED) is 0.765. The van der Waals surface area contributed by atoms with Crippen molar-refractivity contribution in [3.05, 3.63) is 48.3 Å². The molecule has 0 saturated carbocycles. The third-order valence-electron chi connectivity index (χ3n) is 3.62. The van der Waals surface area contributed by atoms with E-state index in [9.17, 15) is 8.42 Å². The molecule has 1 heterocycles. The van der Waals surface area contributed by atoms with Gasteiger partial charge < -0.3 is 9.47 Å². The molecule has 0 unspecified atom stereocenters. The average Bonchev–Trinajstić information content (AvgIpc) is 2.58. The van der Waals surface area contributed by atoms with Crippen LogP contribution in [-0.4, -0.2) is 33.7 Å². The molecule has 6 nitrogen and oxygen atoms in total. The van der Waals surface area contributed by atoms with E-state index in [1.54, 1.807) is 36.7 Å². The van der Waals surface area contributed by atoms with E-state index in [1.165, 1.54) is 7.11 Å². The van der Waals surface area contributed by atoms with Crippen LogP contribution >= 0.6 is 0 Å². The molecule has 0 aliphatic heterocycles. The Morgan fingerprint density at radius 2 is 1.96 bits per heavy atom. The van der Waals surface area contributed by atoms with Gasteiger partial charge in [-0.05, 0) is 35.2 Å². The van der Waals surface area contributed by atoms with Crippen molar-refractivity contribution in [3.63, 3.8) is 0 Å². The number of nitrogens with zero attached hydrogens (tertiary/aromatic N) is 1. The summed E-state index contributed by atoms with van der Waals surface area (Å²) in [5.74, 6) is 0.905. The van der Waals surface area contributed by atoms with Crippen molar-refractivity contribution in [1.82, 2.24) is 9.71 Å². The Labute approximate surface area is 149 Å². The van der Waals surface area contributed by atoms with E-state index in [0.29, 0.717) is 11.5 Å². The molecule has 0 aliphatic rings. The topological polar surface area (TPSA) is 77.5 Å². The highest BCUT2D eigenvalue weighted by Crippen LogP contribution is 2.30. The molecule has 0 atom stereocenters. The van der Waals surface area contributed by atoms with Gasteiger partial charge in [0, 0.05) is 12.7 Å². The molecule has 0 radical (unpaired) electrons. The lowest BCUT2D eigenvalue weighted by atomic mass is 9.87. The van der Waals surface area contributed by atoms with Crippen LogP contribution in [0, 0.1) is 0 Å². The summed E-state index contributed by atoms with van der Waals surface area (Å²) in [5, 5.41) is 0. The number of ether oxygens (including phenoxy) is 2. The number of pyridine rings is 1. The molecule has 2 rings (SSSR count). The van der Waals surface area contributed by atoms with Gasteiger partial charge in [0.25, 0.3) is 0 Å². The van der Waals surface area contributed by atoms with Gasteiger partial charge in [0.2, 0.25) is 10.0 Å². The second kappa shape index (κ2) is 7.84. The van der Waals surface area contributed by atoms with Gasteiger partial charge >= 0.3 is 0 Å². The fourth-order valence-corrected chi connectivity index (χ4v) is 3.41. The zero-order valence-corrected chi connectivity index (χ0v) is 15.8. The average molecular weight is 364 g/mol. The van der Waals surface area contributed by atoms with Crippen LogP contribution < -0.4 is 14.2 Å². The van der Waals surface area contributed by atoms with Gasteiger partial charge in [-0.1, -0.05) is 26.8 Å². The maximum atomic E-state index is 12.6. The minimum Gasteiger partial charge on any atom is -0.495 e. The lowest BCUT2D eigenvalue weighted by molar-refractivity contribution is 0.321. The Hall–Kier alpha value is -2.12. The molecular formula is C18H24N2O4S. The van der Waals surface area contributed by atoms with Crippen LogP contribution in [0.5, 0.6) is 11.5 Å². The van der Waals surface area contributed by atoms with Gasteiger partial charge in [0.05, 0.1) is 13.3 Å². The second-order valence-electron chi connectivity index (χ2n) is 6.55. The van der Waals surface area contributed by atoms with Crippen LogP contribution in [-0.2, 0) is 15.4 Å². The molecule has 0 bridgehead atoms. The van der Waals surface area contributed by atoms with E-state index in [1.807, 2.05) is 26.8 Å². The summed E-state index contributed by atoms with van der Waals surface area (Å²) in [7, 11) is -2.26. The Bertz CT molecular complexity index is 800. The molecule has 25 heavy (non-hydrogen) atoms. The van der Waals surface area contributed by atoms with E-state index in [4.69, 9.17) is 9.47 Å². The van der Waals surface area contributed by atoms with E-state index in [0.717, 1.165) is 5.56 Å². The van der Waals surface area contributed by atoms with Crippen molar-refractivity contribution >= 4 is 10.0 Å². The Kier molecular flexibility index (Phi) is 6.02. The fourth-order valence-electron chi connectivity index (χ4n) is 2.21. The number of methoxy groups -OCH3 is 1. The molecular weight excluding hydrogens is 340 g/mol. The molecule has 0 aliphatic carbocycles. The summed E-state index contributed by atoms with van der Waals surface area (Å²) in [6.07, 6.45) is 3.22. The summed E-state index contributed by atoms with van der Waals surface area (Å²) in [6, 6.07) is 8.73. The largest absolute Gasteiger partial charge is 0.495 e. The first-order valence-electron chi connectivity index (χ1n) is 7.95.